The Bertz CT molecular complexity index is 532. The number of hydrogen-bond donors (Lipinski definition) is 0. The van der Waals surface area contributed by atoms with Crippen LogP contribution < -0.4 is 0 Å². The summed E-state index contributed by atoms with van der Waals surface area (Å²) in [5, 5.41) is 0. The second-order valence-electron chi connectivity index (χ2n) is 5.09. The molecule has 0 saturated heterocycles. The fourth-order valence-electron chi connectivity index (χ4n) is 3.36. The number of fused-ring (bicyclic) bond motifs is 1. The summed E-state index contributed by atoms with van der Waals surface area (Å²) in [7, 11) is 0. The molecular weight excluding hydrogens is 216 g/mol. The van der Waals surface area contributed by atoms with Crippen LogP contribution >= 0.6 is 0 Å². The van der Waals surface area contributed by atoms with Crippen LogP contribution in [0.5, 0.6) is 0 Å². The first-order valence-electron chi connectivity index (χ1n) is 6.72. The zero-order valence-corrected chi connectivity index (χ0v) is 11.7. The number of rotatable bonds is 4. The molecule has 0 N–H and O–H groups in total. The van der Waals surface area contributed by atoms with Gasteiger partial charge in [0.15, 0.2) is 0 Å². The molecule has 1 aromatic rings. The van der Waals surface area contributed by atoms with Crippen molar-refractivity contribution in [3.05, 3.63) is 53.1 Å². The molecule has 0 nitrogen and oxygen atoms in total. The van der Waals surface area contributed by atoms with E-state index < -0.39 is 0 Å². The SMILES string of the molecule is C=Cc1c(C=C)c2c(c(C=C)c1CC)[C@H](C)[C@@H]2C. The molecule has 0 heteroatoms. The molecule has 94 valence electrons. The van der Waals surface area contributed by atoms with Gasteiger partial charge in [-0.25, -0.2) is 0 Å². The summed E-state index contributed by atoms with van der Waals surface area (Å²) in [4.78, 5) is 0. The Labute approximate surface area is 111 Å². The molecular formula is C18H22. The molecule has 2 atom stereocenters. The summed E-state index contributed by atoms with van der Waals surface area (Å²) in [5.41, 5.74) is 8.17. The van der Waals surface area contributed by atoms with E-state index in [-0.39, 0.29) is 0 Å². The van der Waals surface area contributed by atoms with Crippen molar-refractivity contribution in [3.8, 4) is 0 Å². The van der Waals surface area contributed by atoms with E-state index >= 15 is 0 Å². The maximum atomic E-state index is 4.01. The topological polar surface area (TPSA) is 0 Å². The molecule has 1 aliphatic carbocycles. The molecule has 0 fully saturated rings. The van der Waals surface area contributed by atoms with E-state index in [9.17, 15) is 0 Å². The van der Waals surface area contributed by atoms with Gasteiger partial charge in [-0.05, 0) is 51.6 Å². The third-order valence-electron chi connectivity index (χ3n) is 4.44. The summed E-state index contributed by atoms with van der Waals surface area (Å²) >= 11 is 0. The minimum atomic E-state index is 0.608. The quantitative estimate of drug-likeness (QED) is 0.659. The first kappa shape index (κ1) is 12.9. The molecule has 0 unspecified atom stereocenters. The molecule has 0 spiro atoms. The zero-order chi connectivity index (χ0) is 13.4. The summed E-state index contributed by atoms with van der Waals surface area (Å²) in [6, 6.07) is 0. The van der Waals surface area contributed by atoms with E-state index in [2.05, 4.69) is 40.5 Å². The summed E-state index contributed by atoms with van der Waals surface area (Å²) < 4.78 is 0. The summed E-state index contributed by atoms with van der Waals surface area (Å²) in [6.45, 7) is 18.8. The van der Waals surface area contributed by atoms with Gasteiger partial charge in [0.25, 0.3) is 0 Å². The third kappa shape index (κ3) is 1.45. The fraction of sp³-hybridized carbons (Fsp3) is 0.333. The summed E-state index contributed by atoms with van der Waals surface area (Å²) in [5.74, 6) is 1.23. The van der Waals surface area contributed by atoms with Crippen LogP contribution in [0.4, 0.5) is 0 Å². The average molecular weight is 238 g/mol. The lowest BCUT2D eigenvalue weighted by Crippen LogP contribution is -2.24. The standard InChI is InChI=1S/C18H22/c1-7-13-14(8-2)16(10-4)18-12(6)11(5)17(18)15(13)9-3/h7,9-12H,1,3-4,8H2,2,5-6H3/t11-,12+/m0/s1. The van der Waals surface area contributed by atoms with Gasteiger partial charge in [-0.3, -0.25) is 0 Å². The van der Waals surface area contributed by atoms with Crippen LogP contribution in [-0.4, -0.2) is 0 Å². The first-order valence-corrected chi connectivity index (χ1v) is 6.72. The monoisotopic (exact) mass is 238 g/mol. The van der Waals surface area contributed by atoms with Gasteiger partial charge in [-0.15, -0.1) is 0 Å². The molecule has 0 amide bonds. The Morgan fingerprint density at radius 3 is 1.67 bits per heavy atom. The van der Waals surface area contributed by atoms with Crippen molar-refractivity contribution in [2.24, 2.45) is 0 Å². The van der Waals surface area contributed by atoms with Gasteiger partial charge in [0.05, 0.1) is 0 Å². The molecule has 2 rings (SSSR count). The van der Waals surface area contributed by atoms with E-state index in [1.54, 1.807) is 0 Å². The molecule has 1 aliphatic rings. The highest BCUT2D eigenvalue weighted by Gasteiger charge is 2.36. The van der Waals surface area contributed by atoms with Gasteiger partial charge < -0.3 is 0 Å². The number of benzene rings is 1. The predicted octanol–water partition coefficient (Wildman–Crippen LogP) is 5.40. The van der Waals surface area contributed by atoms with Crippen LogP contribution in [0.1, 0.15) is 66.0 Å². The highest BCUT2D eigenvalue weighted by Crippen LogP contribution is 2.52. The van der Waals surface area contributed by atoms with Crippen LogP contribution in [0, 0.1) is 0 Å². The van der Waals surface area contributed by atoms with E-state index in [0.29, 0.717) is 11.8 Å². The maximum Gasteiger partial charge on any atom is -0.0115 e. The van der Waals surface area contributed by atoms with Gasteiger partial charge in [0.2, 0.25) is 0 Å². The van der Waals surface area contributed by atoms with Crippen LogP contribution in [0.2, 0.25) is 0 Å². The molecule has 0 radical (unpaired) electrons. The minimum absolute atomic E-state index is 0.608. The van der Waals surface area contributed by atoms with Gasteiger partial charge >= 0.3 is 0 Å². The molecule has 0 saturated carbocycles. The minimum Gasteiger partial charge on any atom is -0.0984 e. The van der Waals surface area contributed by atoms with E-state index in [0.717, 1.165) is 6.42 Å². The van der Waals surface area contributed by atoms with Crippen molar-refractivity contribution in [1.82, 2.24) is 0 Å². The van der Waals surface area contributed by atoms with Crippen molar-refractivity contribution >= 4 is 18.2 Å². The Balaban J connectivity index is 2.90. The Kier molecular flexibility index (Phi) is 3.30. The lowest BCUT2D eigenvalue weighted by atomic mass is 9.64. The van der Waals surface area contributed by atoms with Crippen molar-refractivity contribution < 1.29 is 0 Å². The third-order valence-corrected chi connectivity index (χ3v) is 4.44. The van der Waals surface area contributed by atoms with Crippen molar-refractivity contribution in [2.75, 3.05) is 0 Å². The largest absolute Gasteiger partial charge is 0.0984 e. The molecule has 18 heavy (non-hydrogen) atoms. The smallest absolute Gasteiger partial charge is 0.0115 e. The van der Waals surface area contributed by atoms with Crippen LogP contribution in [-0.2, 0) is 6.42 Å². The van der Waals surface area contributed by atoms with Crippen LogP contribution in [0.25, 0.3) is 18.2 Å². The second-order valence-corrected chi connectivity index (χ2v) is 5.09. The molecule has 0 aromatic heterocycles. The van der Waals surface area contributed by atoms with Crippen LogP contribution in [0.3, 0.4) is 0 Å². The molecule has 0 bridgehead atoms. The van der Waals surface area contributed by atoms with Gasteiger partial charge in [0, 0.05) is 0 Å². The van der Waals surface area contributed by atoms with E-state index in [4.69, 9.17) is 0 Å². The van der Waals surface area contributed by atoms with Gasteiger partial charge in [-0.2, -0.15) is 0 Å². The zero-order valence-electron chi connectivity index (χ0n) is 11.7. The predicted molar refractivity (Wildman–Crippen MR) is 82.9 cm³/mol. The van der Waals surface area contributed by atoms with E-state index in [1.807, 2.05) is 18.2 Å². The van der Waals surface area contributed by atoms with Crippen molar-refractivity contribution in [1.29, 1.82) is 0 Å². The number of hydrogen-bond acceptors (Lipinski definition) is 0. The summed E-state index contributed by atoms with van der Waals surface area (Å²) in [6.07, 6.45) is 6.99. The Morgan fingerprint density at radius 1 is 0.833 bits per heavy atom. The lowest BCUT2D eigenvalue weighted by molar-refractivity contribution is 0.538. The maximum absolute atomic E-state index is 4.01. The second kappa shape index (κ2) is 4.61. The fourth-order valence-corrected chi connectivity index (χ4v) is 3.36. The Hall–Kier alpha value is -1.56. The molecule has 0 heterocycles. The molecule has 0 aliphatic heterocycles. The lowest BCUT2D eigenvalue weighted by Gasteiger charge is -2.40. The highest BCUT2D eigenvalue weighted by atomic mass is 14.4. The Morgan fingerprint density at radius 2 is 1.28 bits per heavy atom. The van der Waals surface area contributed by atoms with Gasteiger partial charge in [-0.1, -0.05) is 58.7 Å². The van der Waals surface area contributed by atoms with E-state index in [1.165, 1.54) is 33.4 Å². The van der Waals surface area contributed by atoms with Crippen LogP contribution in [0.15, 0.2) is 19.7 Å². The van der Waals surface area contributed by atoms with Crippen molar-refractivity contribution in [3.63, 3.8) is 0 Å². The van der Waals surface area contributed by atoms with Gasteiger partial charge in [0.1, 0.15) is 0 Å². The molecule has 1 aromatic carbocycles. The van der Waals surface area contributed by atoms with Crippen molar-refractivity contribution in [2.45, 2.75) is 39.0 Å². The average Bonchev–Trinajstić information content (AvgIpc) is 2.42. The first-order chi connectivity index (χ1) is 8.62. The normalized spacial score (nSPS) is 20.8. The highest BCUT2D eigenvalue weighted by molar-refractivity contribution is 5.79.